The number of carboxylic acid groups (broad SMARTS) is 2. The Hall–Kier alpha value is -3.01. The Bertz CT molecular complexity index is 1520. The molecule has 33 heavy (non-hydrogen) atoms. The zero-order chi connectivity index (χ0) is 22.2. The van der Waals surface area contributed by atoms with E-state index in [1.807, 2.05) is 60.7 Å². The van der Waals surface area contributed by atoms with Gasteiger partial charge in [0.1, 0.15) is 0 Å². The smallest absolute Gasteiger partial charge is 0.545 e. The molecular formula is C26H16BaN2O4. The van der Waals surface area contributed by atoms with Gasteiger partial charge in [-0.2, -0.15) is 0 Å². The Labute approximate surface area is 228 Å². The molecule has 2 N–H and O–H groups in total. The number of hydrogen-bond acceptors (Lipinski definition) is 4. The number of carboxylic acids is 2. The predicted octanol–water partition coefficient (Wildman–Crippen LogP) is 2.99. The number of H-pyrrole nitrogens is 2. The quantitative estimate of drug-likeness (QED) is 0.319. The molecule has 0 saturated carbocycles. The first-order chi connectivity index (χ1) is 15.5. The van der Waals surface area contributed by atoms with E-state index in [0.717, 1.165) is 43.6 Å². The van der Waals surface area contributed by atoms with Crippen molar-refractivity contribution in [3.63, 3.8) is 0 Å². The topological polar surface area (TPSA) is 112 Å². The number of aromatic amines is 2. The number of fused-ring (bicyclic) bond motifs is 6. The van der Waals surface area contributed by atoms with Crippen LogP contribution in [0.5, 0.6) is 0 Å². The van der Waals surface area contributed by atoms with Gasteiger partial charge in [0.15, 0.2) is 0 Å². The number of rotatable bonds is 2. The Balaban J connectivity index is 0.000000152. The Morgan fingerprint density at radius 1 is 0.515 bits per heavy atom. The summed E-state index contributed by atoms with van der Waals surface area (Å²) >= 11 is 0. The second kappa shape index (κ2) is 9.46. The van der Waals surface area contributed by atoms with E-state index in [1.54, 1.807) is 24.3 Å². The zero-order valence-electron chi connectivity index (χ0n) is 17.4. The van der Waals surface area contributed by atoms with Crippen molar-refractivity contribution in [2.24, 2.45) is 0 Å². The van der Waals surface area contributed by atoms with Crippen LogP contribution in [0.1, 0.15) is 20.7 Å². The van der Waals surface area contributed by atoms with Crippen LogP contribution in [0.2, 0.25) is 0 Å². The Morgan fingerprint density at radius 3 is 1.27 bits per heavy atom. The third-order valence-corrected chi connectivity index (χ3v) is 5.50. The van der Waals surface area contributed by atoms with Crippen molar-refractivity contribution in [3.05, 3.63) is 96.1 Å². The molecule has 0 aliphatic carbocycles. The van der Waals surface area contributed by atoms with Gasteiger partial charge < -0.3 is 29.8 Å². The maximum absolute atomic E-state index is 11.0. The van der Waals surface area contributed by atoms with Crippen LogP contribution in [0.15, 0.2) is 84.9 Å². The van der Waals surface area contributed by atoms with E-state index in [1.165, 1.54) is 0 Å². The van der Waals surface area contributed by atoms with Crippen LogP contribution < -0.4 is 10.2 Å². The predicted molar refractivity (Wildman–Crippen MR) is 126 cm³/mol. The molecule has 6 nitrogen and oxygen atoms in total. The fraction of sp³-hybridized carbons (Fsp3) is 0. The molecule has 7 heteroatoms. The first-order valence-corrected chi connectivity index (χ1v) is 9.96. The summed E-state index contributed by atoms with van der Waals surface area (Å²) in [6.07, 6.45) is 0. The van der Waals surface area contributed by atoms with Crippen LogP contribution in [-0.2, 0) is 0 Å². The standard InChI is InChI=1S/2C13H9NO2.Ba/c2*15-13(16)9-5-3-7-11-12(9)8-4-1-2-6-10(8)14-11;/h2*1-7,14H,(H,15,16);/q;;+2/p-2. The number of nitrogens with one attached hydrogen (secondary N) is 2. The normalized spacial score (nSPS) is 10.7. The Morgan fingerprint density at radius 2 is 0.879 bits per heavy atom. The molecule has 0 bridgehead atoms. The van der Waals surface area contributed by atoms with Crippen molar-refractivity contribution in [1.82, 2.24) is 9.97 Å². The van der Waals surface area contributed by atoms with Crippen LogP contribution >= 0.6 is 0 Å². The minimum absolute atomic E-state index is 0. The van der Waals surface area contributed by atoms with Crippen molar-refractivity contribution in [2.45, 2.75) is 0 Å². The van der Waals surface area contributed by atoms with Crippen LogP contribution in [-0.4, -0.2) is 70.8 Å². The average Bonchev–Trinajstić information content (AvgIpc) is 3.37. The van der Waals surface area contributed by atoms with Crippen molar-refractivity contribution in [3.8, 4) is 0 Å². The molecule has 0 aliphatic heterocycles. The van der Waals surface area contributed by atoms with E-state index < -0.39 is 11.9 Å². The van der Waals surface area contributed by atoms with Gasteiger partial charge in [0.2, 0.25) is 0 Å². The van der Waals surface area contributed by atoms with Gasteiger partial charge in [0, 0.05) is 54.7 Å². The summed E-state index contributed by atoms with van der Waals surface area (Å²) in [4.78, 5) is 28.4. The summed E-state index contributed by atoms with van der Waals surface area (Å²) in [6.45, 7) is 0. The van der Waals surface area contributed by atoms with Crippen LogP contribution in [0.25, 0.3) is 43.6 Å². The van der Waals surface area contributed by atoms with E-state index in [-0.39, 0.29) is 60.0 Å². The van der Waals surface area contributed by atoms with Crippen LogP contribution in [0, 0.1) is 0 Å². The number of carbonyl (C=O) groups excluding carboxylic acids is 2. The summed E-state index contributed by atoms with van der Waals surface area (Å²) in [5.74, 6) is -2.29. The first-order valence-electron chi connectivity index (χ1n) is 9.96. The maximum atomic E-state index is 11.0. The number of benzene rings is 4. The van der Waals surface area contributed by atoms with E-state index in [9.17, 15) is 19.8 Å². The summed E-state index contributed by atoms with van der Waals surface area (Å²) in [5, 5.41) is 25.3. The van der Waals surface area contributed by atoms with Gasteiger partial charge in [-0.3, -0.25) is 0 Å². The van der Waals surface area contributed by atoms with Gasteiger partial charge in [-0.15, -0.1) is 0 Å². The average molecular weight is 558 g/mol. The van der Waals surface area contributed by atoms with E-state index in [2.05, 4.69) is 9.97 Å². The molecule has 0 radical (unpaired) electrons. The van der Waals surface area contributed by atoms with Crippen molar-refractivity contribution >= 4 is 104 Å². The molecule has 2 heterocycles. The fourth-order valence-corrected chi connectivity index (χ4v) is 4.14. The monoisotopic (exact) mass is 558 g/mol. The first kappa shape index (κ1) is 23.2. The summed E-state index contributed by atoms with van der Waals surface area (Å²) in [6, 6.07) is 25.5. The van der Waals surface area contributed by atoms with Gasteiger partial charge >= 0.3 is 48.9 Å². The number of carbonyl (C=O) groups is 2. The second-order valence-electron chi connectivity index (χ2n) is 7.37. The molecule has 0 amide bonds. The van der Waals surface area contributed by atoms with Gasteiger partial charge in [0.05, 0.1) is 11.9 Å². The molecule has 0 fully saturated rings. The number of aromatic carboxylic acids is 2. The summed E-state index contributed by atoms with van der Waals surface area (Å²) in [7, 11) is 0. The molecule has 0 unspecified atom stereocenters. The van der Waals surface area contributed by atoms with Crippen molar-refractivity contribution in [2.75, 3.05) is 0 Å². The molecule has 0 saturated heterocycles. The van der Waals surface area contributed by atoms with Gasteiger partial charge in [0.25, 0.3) is 0 Å². The van der Waals surface area contributed by atoms with Crippen molar-refractivity contribution < 1.29 is 19.8 Å². The zero-order valence-corrected chi connectivity index (χ0v) is 21.9. The number of hydrogen-bond donors (Lipinski definition) is 2. The van der Waals surface area contributed by atoms with Crippen LogP contribution in [0.4, 0.5) is 0 Å². The third kappa shape index (κ3) is 4.19. The molecule has 0 atom stereocenters. The van der Waals surface area contributed by atoms with Gasteiger partial charge in [-0.05, 0) is 24.3 Å². The summed E-state index contributed by atoms with van der Waals surface area (Å²) < 4.78 is 0. The number of para-hydroxylation sites is 2. The largest absolute Gasteiger partial charge is 2.00 e. The van der Waals surface area contributed by atoms with E-state index in [4.69, 9.17) is 0 Å². The second-order valence-corrected chi connectivity index (χ2v) is 7.37. The minimum Gasteiger partial charge on any atom is -0.545 e. The van der Waals surface area contributed by atoms with E-state index >= 15 is 0 Å². The third-order valence-electron chi connectivity index (χ3n) is 5.50. The van der Waals surface area contributed by atoms with Gasteiger partial charge in [-0.1, -0.05) is 60.7 Å². The molecule has 4 aromatic carbocycles. The molecule has 156 valence electrons. The maximum Gasteiger partial charge on any atom is 2.00 e. The SMILES string of the molecule is O=C([O-])c1cccc2[nH]c3ccccc3c12.O=C([O-])c1cccc2[nH]c3ccccc3c12.[Ba+2]. The minimum atomic E-state index is -1.14. The fourth-order valence-electron chi connectivity index (χ4n) is 4.14. The Kier molecular flexibility index (Phi) is 6.64. The molecule has 0 aliphatic rings. The van der Waals surface area contributed by atoms with E-state index in [0.29, 0.717) is 0 Å². The molecule has 6 rings (SSSR count). The van der Waals surface area contributed by atoms with Gasteiger partial charge in [-0.25, -0.2) is 0 Å². The molecule has 2 aromatic heterocycles. The molecular weight excluding hydrogens is 542 g/mol. The molecule has 6 aromatic rings. The molecule has 0 spiro atoms. The number of aromatic nitrogens is 2. The van der Waals surface area contributed by atoms with Crippen LogP contribution in [0.3, 0.4) is 0 Å². The summed E-state index contributed by atoms with van der Waals surface area (Å²) in [5.41, 5.74) is 3.98. The van der Waals surface area contributed by atoms with Crippen molar-refractivity contribution in [1.29, 1.82) is 0 Å².